The normalized spacial score (nSPS) is 14.4. The fourth-order valence-electron chi connectivity index (χ4n) is 5.00. The van der Waals surface area contributed by atoms with Crippen LogP contribution in [0.4, 0.5) is 17.1 Å². The molecule has 0 fully saturated rings. The van der Waals surface area contributed by atoms with Crippen molar-refractivity contribution in [2.75, 3.05) is 5.73 Å². The zero-order chi connectivity index (χ0) is 31.4. The van der Waals surface area contributed by atoms with Gasteiger partial charge in [-0.3, -0.25) is 18.7 Å². The van der Waals surface area contributed by atoms with Gasteiger partial charge in [-0.2, -0.15) is 21.9 Å². The zero-order valence-corrected chi connectivity index (χ0v) is 24.1. The zero-order valence-electron chi connectivity index (χ0n) is 22.5. The lowest BCUT2D eigenvalue weighted by molar-refractivity contribution is -0.122. The van der Waals surface area contributed by atoms with Crippen LogP contribution in [0.1, 0.15) is 22.6 Å². The minimum absolute atomic E-state index is 0.201. The van der Waals surface area contributed by atoms with Crippen molar-refractivity contribution in [3.05, 3.63) is 83.4 Å². The average molecular weight is 622 g/mol. The number of aryl methyl sites for hydroxylation is 2. The van der Waals surface area contributed by atoms with Crippen LogP contribution in [0.15, 0.2) is 86.8 Å². The lowest BCUT2D eigenvalue weighted by Gasteiger charge is -2.13. The first kappa shape index (κ1) is 29.7. The molecule has 43 heavy (non-hydrogen) atoms. The average Bonchev–Trinajstić information content (AvgIpc) is 3.24. The SMILES string of the molecule is Cc1cc(-c2ccc(C3C(=O)C=CC3=O)c(C)c2)ccc1N=Nc1ccc2c(S(=O)(=O)O)cc(S(=O)(=O)O)c(N)c2c1O. The maximum Gasteiger partial charge on any atom is 0.296 e. The maximum atomic E-state index is 12.1. The first-order valence-corrected chi connectivity index (χ1v) is 15.4. The van der Waals surface area contributed by atoms with Gasteiger partial charge in [-0.25, -0.2) is 0 Å². The Morgan fingerprint density at radius 1 is 0.721 bits per heavy atom. The molecule has 4 aromatic carbocycles. The van der Waals surface area contributed by atoms with Crippen LogP contribution in [-0.2, 0) is 29.8 Å². The van der Waals surface area contributed by atoms with Gasteiger partial charge in [-0.05, 0) is 78.1 Å². The van der Waals surface area contributed by atoms with Gasteiger partial charge in [0.05, 0.1) is 16.8 Å². The number of phenolic OH excluding ortho intramolecular Hbond substituents is 1. The van der Waals surface area contributed by atoms with Crippen molar-refractivity contribution < 1.29 is 40.6 Å². The minimum Gasteiger partial charge on any atom is -0.505 e. The molecule has 0 radical (unpaired) electrons. The summed E-state index contributed by atoms with van der Waals surface area (Å²) in [5, 5.41) is 18.3. The molecule has 4 aromatic rings. The Hall–Kier alpha value is -4.76. The van der Waals surface area contributed by atoms with E-state index in [0.29, 0.717) is 22.9 Å². The molecule has 0 amide bonds. The van der Waals surface area contributed by atoms with Gasteiger partial charge in [0.2, 0.25) is 0 Å². The first-order valence-electron chi connectivity index (χ1n) is 12.5. The quantitative estimate of drug-likeness (QED) is 0.0965. The Balaban J connectivity index is 1.50. The second-order valence-corrected chi connectivity index (χ2v) is 12.7. The number of nitrogen functional groups attached to an aromatic ring is 1. The lowest BCUT2D eigenvalue weighted by Crippen LogP contribution is -2.14. The van der Waals surface area contributed by atoms with E-state index in [4.69, 9.17) is 5.73 Å². The van der Waals surface area contributed by atoms with Crippen molar-refractivity contribution in [3.8, 4) is 16.9 Å². The van der Waals surface area contributed by atoms with Gasteiger partial charge < -0.3 is 10.8 Å². The van der Waals surface area contributed by atoms with Crippen LogP contribution in [0.3, 0.4) is 0 Å². The molecule has 0 unspecified atom stereocenters. The Kier molecular flexibility index (Phi) is 7.26. The van der Waals surface area contributed by atoms with Crippen LogP contribution < -0.4 is 5.73 Å². The van der Waals surface area contributed by atoms with E-state index in [1.807, 2.05) is 25.1 Å². The molecule has 0 heterocycles. The van der Waals surface area contributed by atoms with E-state index < -0.39 is 52.8 Å². The predicted molar refractivity (Wildman–Crippen MR) is 157 cm³/mol. The number of carbonyl (C=O) groups excluding carboxylic acids is 2. The number of carbonyl (C=O) groups is 2. The van der Waals surface area contributed by atoms with Crippen molar-refractivity contribution in [2.24, 2.45) is 10.2 Å². The van der Waals surface area contributed by atoms with Crippen LogP contribution in [0.5, 0.6) is 5.75 Å². The Morgan fingerprint density at radius 3 is 1.81 bits per heavy atom. The molecule has 0 spiro atoms. The number of allylic oxidation sites excluding steroid dienone is 2. The number of aromatic hydroxyl groups is 1. The van der Waals surface area contributed by atoms with E-state index in [1.165, 1.54) is 18.2 Å². The number of fused-ring (bicyclic) bond motifs is 1. The van der Waals surface area contributed by atoms with Gasteiger partial charge in [-0.15, -0.1) is 5.11 Å². The predicted octanol–water partition coefficient (Wildman–Crippen LogP) is 5.11. The summed E-state index contributed by atoms with van der Waals surface area (Å²) < 4.78 is 66.6. The van der Waals surface area contributed by atoms with Crippen molar-refractivity contribution in [3.63, 3.8) is 0 Å². The van der Waals surface area contributed by atoms with Crippen LogP contribution in [0.2, 0.25) is 0 Å². The molecule has 1 aliphatic rings. The van der Waals surface area contributed by atoms with E-state index in [1.54, 1.807) is 25.1 Å². The molecule has 5 rings (SSSR count). The smallest absolute Gasteiger partial charge is 0.296 e. The van der Waals surface area contributed by atoms with Gasteiger partial charge in [0.25, 0.3) is 20.2 Å². The van der Waals surface area contributed by atoms with Crippen molar-refractivity contribution >= 4 is 59.6 Å². The second-order valence-electron chi connectivity index (χ2n) is 9.94. The largest absolute Gasteiger partial charge is 0.505 e. The van der Waals surface area contributed by atoms with E-state index in [9.17, 15) is 40.6 Å². The van der Waals surface area contributed by atoms with Crippen LogP contribution in [0.25, 0.3) is 21.9 Å². The summed E-state index contributed by atoms with van der Waals surface area (Å²) in [5.41, 5.74) is 9.21. The summed E-state index contributed by atoms with van der Waals surface area (Å²) in [7, 11) is -10.0. The molecule has 5 N–H and O–H groups in total. The highest BCUT2D eigenvalue weighted by Gasteiger charge is 2.31. The van der Waals surface area contributed by atoms with E-state index in [2.05, 4.69) is 10.2 Å². The minimum atomic E-state index is -5.04. The summed E-state index contributed by atoms with van der Waals surface area (Å²) in [5.74, 6) is -2.04. The third-order valence-corrected chi connectivity index (χ3v) is 8.92. The Morgan fingerprint density at radius 2 is 1.26 bits per heavy atom. The number of hydrogen-bond donors (Lipinski definition) is 4. The molecular weight excluding hydrogens is 598 g/mol. The molecular formula is C29H23N3O9S2. The Labute approximate surface area is 245 Å². The van der Waals surface area contributed by atoms with Gasteiger partial charge in [0.1, 0.15) is 21.4 Å². The summed E-state index contributed by atoms with van der Waals surface area (Å²) in [6.45, 7) is 3.60. The Bertz CT molecular complexity index is 2150. The second kappa shape index (κ2) is 10.5. The molecule has 0 atom stereocenters. The van der Waals surface area contributed by atoms with E-state index >= 15 is 0 Å². The summed E-state index contributed by atoms with van der Waals surface area (Å²) in [4.78, 5) is 22.3. The van der Waals surface area contributed by atoms with Gasteiger partial charge in [-0.1, -0.05) is 30.3 Å². The molecule has 0 saturated heterocycles. The van der Waals surface area contributed by atoms with Crippen molar-refractivity contribution in [2.45, 2.75) is 29.6 Å². The third-order valence-electron chi connectivity index (χ3n) is 7.13. The van der Waals surface area contributed by atoms with E-state index in [0.717, 1.165) is 22.8 Å². The number of benzene rings is 4. The number of nitrogens with two attached hydrogens (primary N) is 1. The lowest BCUT2D eigenvalue weighted by atomic mass is 9.89. The molecule has 14 heteroatoms. The number of ketones is 2. The van der Waals surface area contributed by atoms with Gasteiger partial charge in [0.15, 0.2) is 17.3 Å². The van der Waals surface area contributed by atoms with E-state index in [-0.39, 0.29) is 22.6 Å². The fourth-order valence-corrected chi connectivity index (χ4v) is 6.44. The molecule has 220 valence electrons. The highest BCUT2D eigenvalue weighted by atomic mass is 32.2. The number of anilines is 1. The number of azo groups is 1. The molecule has 1 aliphatic carbocycles. The number of rotatable bonds is 6. The number of phenols is 1. The highest BCUT2D eigenvalue weighted by Crippen LogP contribution is 2.44. The monoisotopic (exact) mass is 621 g/mol. The summed E-state index contributed by atoms with van der Waals surface area (Å²) >= 11 is 0. The summed E-state index contributed by atoms with van der Waals surface area (Å²) in [6.07, 6.45) is 2.58. The molecule has 0 aliphatic heterocycles. The highest BCUT2D eigenvalue weighted by molar-refractivity contribution is 7.87. The summed E-state index contributed by atoms with van der Waals surface area (Å²) in [6, 6.07) is 13.6. The topological polar surface area (TPSA) is 214 Å². The van der Waals surface area contributed by atoms with Gasteiger partial charge >= 0.3 is 0 Å². The van der Waals surface area contributed by atoms with Crippen molar-refractivity contribution in [1.82, 2.24) is 0 Å². The molecule has 0 aromatic heterocycles. The van der Waals surface area contributed by atoms with Crippen LogP contribution >= 0.6 is 0 Å². The molecule has 0 saturated carbocycles. The fraction of sp³-hybridized carbons (Fsp3) is 0.103. The molecule has 0 bridgehead atoms. The first-order chi connectivity index (χ1) is 20.1. The molecule has 12 nitrogen and oxygen atoms in total. The van der Waals surface area contributed by atoms with Crippen molar-refractivity contribution in [1.29, 1.82) is 0 Å². The standard InChI is InChI=1S/C29H23N3O9S2/c1-14-11-16(3-5-18(14)26-22(33)9-10-23(26)34)17-4-7-20(15(2)12-17)31-32-21-8-6-19-24(42(36,37)38)13-25(43(39,40)41)28(30)27(19)29(21)35/h3-13,26,35H,30H2,1-2H3,(H,36,37,38)(H,39,40,41). The van der Waals surface area contributed by atoms with Gasteiger partial charge in [0, 0.05) is 5.39 Å². The maximum absolute atomic E-state index is 12.1. The number of nitrogens with zero attached hydrogens (tertiary/aromatic N) is 2. The third kappa shape index (κ3) is 5.44. The van der Waals surface area contributed by atoms with Crippen LogP contribution in [-0.4, -0.2) is 42.6 Å². The van der Waals surface area contributed by atoms with Crippen LogP contribution in [0, 0.1) is 13.8 Å². The number of hydrogen-bond acceptors (Lipinski definition) is 10.